The zero-order valence-corrected chi connectivity index (χ0v) is 14.1. The van der Waals surface area contributed by atoms with Crippen LogP contribution in [0.1, 0.15) is 30.6 Å². The molecule has 1 aliphatic heterocycles. The zero-order chi connectivity index (χ0) is 14.7. The van der Waals surface area contributed by atoms with Crippen molar-refractivity contribution >= 4 is 21.8 Å². The van der Waals surface area contributed by atoms with Crippen molar-refractivity contribution < 1.29 is 4.79 Å². The molecule has 1 aromatic carbocycles. The van der Waals surface area contributed by atoms with Crippen LogP contribution in [0.5, 0.6) is 0 Å². The molecular weight excluding hydrogens is 316 g/mol. The molecule has 1 amide bonds. The molecular formula is C16H23BrN2O. The molecule has 0 aromatic heterocycles. The molecule has 0 spiro atoms. The van der Waals surface area contributed by atoms with Crippen molar-refractivity contribution in [2.75, 3.05) is 26.7 Å². The van der Waals surface area contributed by atoms with Crippen LogP contribution in [-0.2, 0) is 0 Å². The Morgan fingerprint density at radius 3 is 2.35 bits per heavy atom. The summed E-state index contributed by atoms with van der Waals surface area (Å²) in [6, 6.07) is 7.86. The number of likely N-dealkylation sites (N-methyl/N-ethyl adjacent to an activating group) is 1. The topological polar surface area (TPSA) is 23.6 Å². The fourth-order valence-corrected chi connectivity index (χ4v) is 2.82. The van der Waals surface area contributed by atoms with E-state index in [9.17, 15) is 4.79 Å². The van der Waals surface area contributed by atoms with Crippen molar-refractivity contribution in [3.8, 4) is 0 Å². The van der Waals surface area contributed by atoms with Gasteiger partial charge in [-0.25, -0.2) is 0 Å². The van der Waals surface area contributed by atoms with Crippen molar-refractivity contribution in [2.24, 2.45) is 5.92 Å². The van der Waals surface area contributed by atoms with Gasteiger partial charge >= 0.3 is 0 Å². The number of halogens is 1. The van der Waals surface area contributed by atoms with E-state index < -0.39 is 0 Å². The van der Waals surface area contributed by atoms with E-state index >= 15 is 0 Å². The summed E-state index contributed by atoms with van der Waals surface area (Å²) in [6.45, 7) is 7.70. The van der Waals surface area contributed by atoms with Gasteiger partial charge < -0.3 is 9.80 Å². The number of hydrogen-bond acceptors (Lipinski definition) is 2. The summed E-state index contributed by atoms with van der Waals surface area (Å²) in [6.07, 6.45) is 1.29. The Bertz CT molecular complexity index is 454. The molecule has 1 aromatic rings. The van der Waals surface area contributed by atoms with E-state index in [-0.39, 0.29) is 11.9 Å². The van der Waals surface area contributed by atoms with Crippen LogP contribution in [0.2, 0.25) is 0 Å². The molecule has 110 valence electrons. The largest absolute Gasteiger partial charge is 0.337 e. The van der Waals surface area contributed by atoms with Crippen molar-refractivity contribution in [3.63, 3.8) is 0 Å². The van der Waals surface area contributed by atoms with E-state index in [1.165, 1.54) is 19.5 Å². The second-order valence-electron chi connectivity index (χ2n) is 5.89. The van der Waals surface area contributed by atoms with Crippen molar-refractivity contribution in [3.05, 3.63) is 34.3 Å². The Morgan fingerprint density at radius 1 is 1.30 bits per heavy atom. The molecule has 1 atom stereocenters. The lowest BCUT2D eigenvalue weighted by Crippen LogP contribution is -2.51. The monoisotopic (exact) mass is 338 g/mol. The van der Waals surface area contributed by atoms with E-state index in [4.69, 9.17) is 0 Å². The number of carbonyl (C=O) groups is 1. The lowest BCUT2D eigenvalue weighted by atomic mass is 10.00. The Balaban J connectivity index is 2.07. The van der Waals surface area contributed by atoms with Crippen molar-refractivity contribution in [1.29, 1.82) is 0 Å². The molecule has 0 saturated carbocycles. The minimum absolute atomic E-state index is 0.108. The van der Waals surface area contributed by atoms with Gasteiger partial charge in [0.1, 0.15) is 0 Å². The van der Waals surface area contributed by atoms with E-state index in [1.54, 1.807) is 0 Å². The van der Waals surface area contributed by atoms with Gasteiger partial charge in [0.25, 0.3) is 5.91 Å². The van der Waals surface area contributed by atoms with Gasteiger partial charge in [-0.15, -0.1) is 0 Å². The van der Waals surface area contributed by atoms with Crippen molar-refractivity contribution in [1.82, 2.24) is 9.80 Å². The summed E-state index contributed by atoms with van der Waals surface area (Å²) in [5, 5.41) is 0. The first-order valence-corrected chi connectivity index (χ1v) is 8.03. The number of carbonyl (C=O) groups excluding carboxylic acids is 1. The van der Waals surface area contributed by atoms with Crippen LogP contribution in [0, 0.1) is 5.92 Å². The second-order valence-corrected chi connectivity index (χ2v) is 6.80. The summed E-state index contributed by atoms with van der Waals surface area (Å²) in [7, 11) is 1.93. The summed E-state index contributed by atoms with van der Waals surface area (Å²) in [5.74, 6) is 0.566. The minimum atomic E-state index is 0.108. The van der Waals surface area contributed by atoms with Gasteiger partial charge in [-0.1, -0.05) is 29.8 Å². The standard InChI is InChI=1S/C16H23BrN2O/c1-12(2)15(11-19-9-4-10-19)18(3)16(20)13-5-7-14(17)8-6-13/h5-8,12,15H,4,9-11H2,1-3H3/t15-/m0/s1. The molecule has 1 fully saturated rings. The average Bonchev–Trinajstić information content (AvgIpc) is 2.36. The quantitative estimate of drug-likeness (QED) is 0.822. The molecule has 0 bridgehead atoms. The maximum Gasteiger partial charge on any atom is 0.253 e. The van der Waals surface area contributed by atoms with Gasteiger partial charge in [0.15, 0.2) is 0 Å². The van der Waals surface area contributed by atoms with Gasteiger partial charge in [0.05, 0.1) is 0 Å². The molecule has 1 heterocycles. The highest BCUT2D eigenvalue weighted by Gasteiger charge is 2.27. The third-order valence-electron chi connectivity index (χ3n) is 4.07. The Hall–Kier alpha value is -0.870. The number of rotatable bonds is 5. The molecule has 3 nitrogen and oxygen atoms in total. The number of likely N-dealkylation sites (tertiary alicyclic amines) is 1. The normalized spacial score (nSPS) is 16.9. The van der Waals surface area contributed by atoms with E-state index in [0.717, 1.165) is 16.6 Å². The first kappa shape index (κ1) is 15.5. The summed E-state index contributed by atoms with van der Waals surface area (Å²) in [4.78, 5) is 16.9. The third-order valence-corrected chi connectivity index (χ3v) is 4.60. The SMILES string of the molecule is CC(C)[C@H](CN1CCC1)N(C)C(=O)c1ccc(Br)cc1. The van der Waals surface area contributed by atoms with Crippen LogP contribution >= 0.6 is 15.9 Å². The number of amides is 1. The van der Waals surface area contributed by atoms with Crippen LogP contribution in [0.3, 0.4) is 0 Å². The highest BCUT2D eigenvalue weighted by atomic mass is 79.9. The van der Waals surface area contributed by atoms with Crippen molar-refractivity contribution in [2.45, 2.75) is 26.3 Å². The molecule has 4 heteroatoms. The highest BCUT2D eigenvalue weighted by molar-refractivity contribution is 9.10. The highest BCUT2D eigenvalue weighted by Crippen LogP contribution is 2.18. The van der Waals surface area contributed by atoms with Gasteiger partial charge in [0.2, 0.25) is 0 Å². The van der Waals surface area contributed by atoms with Crippen LogP contribution in [0.25, 0.3) is 0 Å². The molecule has 0 aliphatic carbocycles. The molecule has 1 aliphatic rings. The smallest absolute Gasteiger partial charge is 0.253 e. The van der Waals surface area contributed by atoms with E-state index in [0.29, 0.717) is 5.92 Å². The Kier molecular flexibility index (Phi) is 5.22. The summed E-state index contributed by atoms with van der Waals surface area (Å²) in [5.41, 5.74) is 0.755. The van der Waals surface area contributed by atoms with E-state index in [1.807, 2.05) is 36.2 Å². The van der Waals surface area contributed by atoms with Crippen LogP contribution in [0.4, 0.5) is 0 Å². The van der Waals surface area contributed by atoms with Gasteiger partial charge in [-0.2, -0.15) is 0 Å². The van der Waals surface area contributed by atoms with Crippen LogP contribution in [-0.4, -0.2) is 48.4 Å². The van der Waals surface area contributed by atoms with Gasteiger partial charge in [-0.05, 0) is 49.7 Å². The molecule has 0 radical (unpaired) electrons. The van der Waals surface area contributed by atoms with Gasteiger partial charge in [-0.3, -0.25) is 4.79 Å². The van der Waals surface area contributed by atoms with Crippen LogP contribution in [0.15, 0.2) is 28.7 Å². The number of benzene rings is 1. The molecule has 2 rings (SSSR count). The predicted molar refractivity (Wildman–Crippen MR) is 85.9 cm³/mol. The second kappa shape index (κ2) is 6.72. The average molecular weight is 339 g/mol. The lowest BCUT2D eigenvalue weighted by Gasteiger charge is -2.39. The fourth-order valence-electron chi connectivity index (χ4n) is 2.56. The Labute approximate surface area is 130 Å². The first-order chi connectivity index (χ1) is 9.49. The minimum Gasteiger partial charge on any atom is -0.337 e. The zero-order valence-electron chi connectivity index (χ0n) is 12.5. The molecule has 0 unspecified atom stereocenters. The van der Waals surface area contributed by atoms with Crippen LogP contribution < -0.4 is 0 Å². The maximum absolute atomic E-state index is 12.6. The lowest BCUT2D eigenvalue weighted by molar-refractivity contribution is 0.0564. The molecule has 20 heavy (non-hydrogen) atoms. The molecule has 1 saturated heterocycles. The van der Waals surface area contributed by atoms with E-state index in [2.05, 4.69) is 34.7 Å². The number of nitrogens with zero attached hydrogens (tertiary/aromatic N) is 2. The predicted octanol–water partition coefficient (Wildman–Crippen LogP) is 3.25. The molecule has 0 N–H and O–H groups in total. The van der Waals surface area contributed by atoms with Gasteiger partial charge in [0, 0.05) is 29.7 Å². The first-order valence-electron chi connectivity index (χ1n) is 7.24. The fraction of sp³-hybridized carbons (Fsp3) is 0.562. The maximum atomic E-state index is 12.6. The summed E-state index contributed by atoms with van der Waals surface area (Å²) >= 11 is 3.40. The summed E-state index contributed by atoms with van der Waals surface area (Å²) < 4.78 is 0.998. The third kappa shape index (κ3) is 3.61. The number of hydrogen-bond donors (Lipinski definition) is 0. The Morgan fingerprint density at radius 2 is 1.90 bits per heavy atom.